The predicted molar refractivity (Wildman–Crippen MR) is 216 cm³/mol. The Hall–Kier alpha value is -4.62. The SMILES string of the molecule is CC1(C)c2ccccc2-c2ccc(N(c3ccc(C4CC5CCC4C5)cc3)c3cc4ccccc4cc3C3CCCCC3)c(-c3ccccc3)c21. The Morgan fingerprint density at radius 2 is 1.31 bits per heavy atom. The summed E-state index contributed by atoms with van der Waals surface area (Å²) in [6, 6.07) is 49.2. The smallest absolute Gasteiger partial charge is 0.0543 e. The van der Waals surface area contributed by atoms with Crippen LogP contribution in [0.25, 0.3) is 33.0 Å². The van der Waals surface area contributed by atoms with Crippen LogP contribution in [0.3, 0.4) is 0 Å². The van der Waals surface area contributed by atoms with Gasteiger partial charge in [0, 0.05) is 16.7 Å². The van der Waals surface area contributed by atoms with E-state index in [4.69, 9.17) is 0 Å². The number of benzene rings is 6. The highest BCUT2D eigenvalue weighted by Crippen LogP contribution is 2.57. The molecule has 0 aromatic heterocycles. The molecule has 0 spiro atoms. The fourth-order valence-corrected chi connectivity index (χ4v) is 11.1. The maximum atomic E-state index is 2.67. The van der Waals surface area contributed by atoms with Gasteiger partial charge in [0.25, 0.3) is 0 Å². The summed E-state index contributed by atoms with van der Waals surface area (Å²) in [4.78, 5) is 2.67. The highest BCUT2D eigenvalue weighted by atomic mass is 15.1. The minimum Gasteiger partial charge on any atom is -0.310 e. The molecule has 0 N–H and O–H groups in total. The van der Waals surface area contributed by atoms with Gasteiger partial charge in [0.1, 0.15) is 0 Å². The van der Waals surface area contributed by atoms with E-state index in [1.165, 1.54) is 125 Å². The third-order valence-corrected chi connectivity index (χ3v) is 13.5. The molecule has 0 heterocycles. The number of nitrogens with zero attached hydrogens (tertiary/aromatic N) is 1. The molecule has 3 unspecified atom stereocenters. The summed E-state index contributed by atoms with van der Waals surface area (Å²) >= 11 is 0. The topological polar surface area (TPSA) is 3.24 Å². The highest BCUT2D eigenvalue weighted by molar-refractivity contribution is 5.99. The van der Waals surface area contributed by atoms with Crippen molar-refractivity contribution >= 4 is 27.8 Å². The van der Waals surface area contributed by atoms with Crippen molar-refractivity contribution in [3.63, 3.8) is 0 Å². The lowest BCUT2D eigenvalue weighted by molar-refractivity contribution is 0.420. The van der Waals surface area contributed by atoms with Crippen LogP contribution < -0.4 is 4.90 Å². The van der Waals surface area contributed by atoms with Gasteiger partial charge in [-0.25, -0.2) is 0 Å². The van der Waals surface area contributed by atoms with Gasteiger partial charge in [0.15, 0.2) is 0 Å². The normalized spacial score (nSPS) is 21.9. The number of fused-ring (bicyclic) bond motifs is 6. The first kappa shape index (κ1) is 31.1. The van der Waals surface area contributed by atoms with Gasteiger partial charge in [-0.05, 0) is 136 Å². The minimum atomic E-state index is -0.139. The first-order valence-corrected chi connectivity index (χ1v) is 19.8. The maximum absolute atomic E-state index is 2.67. The second-order valence-corrected chi connectivity index (χ2v) is 16.7. The van der Waals surface area contributed by atoms with Crippen molar-refractivity contribution in [3.8, 4) is 22.3 Å². The van der Waals surface area contributed by atoms with E-state index in [-0.39, 0.29) is 5.41 Å². The van der Waals surface area contributed by atoms with E-state index >= 15 is 0 Å². The first-order valence-electron chi connectivity index (χ1n) is 19.8. The second kappa shape index (κ2) is 12.3. The van der Waals surface area contributed by atoms with Crippen molar-refractivity contribution < 1.29 is 0 Å². The van der Waals surface area contributed by atoms with Gasteiger partial charge in [-0.3, -0.25) is 0 Å². The molecule has 3 atom stereocenters. The summed E-state index contributed by atoms with van der Waals surface area (Å²) in [5.41, 5.74) is 15.0. The van der Waals surface area contributed by atoms with Crippen LogP contribution in [0.2, 0.25) is 0 Å². The molecule has 10 rings (SSSR count). The van der Waals surface area contributed by atoms with Crippen molar-refractivity contribution in [1.82, 2.24) is 0 Å². The van der Waals surface area contributed by atoms with Gasteiger partial charge in [-0.1, -0.05) is 137 Å². The molecule has 3 saturated carbocycles. The Morgan fingerprint density at radius 1 is 0.588 bits per heavy atom. The molecular weight excluding hydrogens is 615 g/mol. The molecule has 4 aliphatic rings. The molecule has 0 aliphatic heterocycles. The lowest BCUT2D eigenvalue weighted by Crippen LogP contribution is -2.20. The molecule has 6 aromatic rings. The monoisotopic (exact) mass is 663 g/mol. The van der Waals surface area contributed by atoms with E-state index in [0.717, 1.165) is 17.8 Å². The Balaban J connectivity index is 1.24. The van der Waals surface area contributed by atoms with Gasteiger partial charge in [-0.2, -0.15) is 0 Å². The van der Waals surface area contributed by atoms with Crippen LogP contribution in [0.5, 0.6) is 0 Å². The van der Waals surface area contributed by atoms with E-state index in [0.29, 0.717) is 5.92 Å². The number of anilines is 3. The van der Waals surface area contributed by atoms with Crippen molar-refractivity contribution in [1.29, 1.82) is 0 Å². The molecule has 0 amide bonds. The first-order chi connectivity index (χ1) is 25.0. The lowest BCUT2D eigenvalue weighted by atomic mass is 9.78. The molecule has 6 aromatic carbocycles. The zero-order valence-corrected chi connectivity index (χ0v) is 30.2. The third kappa shape index (κ3) is 5.10. The summed E-state index contributed by atoms with van der Waals surface area (Å²) in [6.07, 6.45) is 12.2. The van der Waals surface area contributed by atoms with Crippen LogP contribution in [0, 0.1) is 11.8 Å². The summed E-state index contributed by atoms with van der Waals surface area (Å²) in [5, 5.41) is 2.66. The number of hydrogen-bond donors (Lipinski definition) is 0. The molecule has 1 heteroatoms. The van der Waals surface area contributed by atoms with Crippen molar-refractivity contribution in [3.05, 3.63) is 150 Å². The van der Waals surface area contributed by atoms with E-state index in [1.807, 2.05) is 0 Å². The standard InChI is InChI=1S/C50H49N/c1-50(2)45-20-12-11-19-41(45)42-27-28-46(48(49(42)50)36-15-7-4-8-16-36)51(40-25-23-35(24-26-40)43-30-33-21-22-39(43)29-33)47-32-38-18-10-9-17-37(38)31-44(47)34-13-5-3-6-14-34/h4,7-12,15-20,23-28,31-34,39,43H,3,5-6,13-14,21-22,29-30H2,1-2H3. The van der Waals surface area contributed by atoms with Crippen LogP contribution in [0.1, 0.15) is 106 Å². The molecule has 1 nitrogen and oxygen atoms in total. The Morgan fingerprint density at radius 3 is 2.06 bits per heavy atom. The van der Waals surface area contributed by atoms with Crippen LogP contribution in [0.15, 0.2) is 127 Å². The van der Waals surface area contributed by atoms with Gasteiger partial charge < -0.3 is 4.90 Å². The Labute approximate surface area is 304 Å². The van der Waals surface area contributed by atoms with Crippen LogP contribution in [-0.4, -0.2) is 0 Å². The van der Waals surface area contributed by atoms with Gasteiger partial charge in [0.2, 0.25) is 0 Å². The van der Waals surface area contributed by atoms with E-state index in [9.17, 15) is 0 Å². The Bertz CT molecular complexity index is 2240. The zero-order valence-electron chi connectivity index (χ0n) is 30.2. The molecule has 51 heavy (non-hydrogen) atoms. The molecule has 254 valence electrons. The largest absolute Gasteiger partial charge is 0.310 e. The number of rotatable bonds is 6. The molecule has 3 fully saturated rings. The van der Waals surface area contributed by atoms with Crippen LogP contribution in [-0.2, 0) is 5.41 Å². The fourth-order valence-electron chi connectivity index (χ4n) is 11.1. The number of hydrogen-bond acceptors (Lipinski definition) is 1. The van der Waals surface area contributed by atoms with E-state index < -0.39 is 0 Å². The summed E-state index contributed by atoms with van der Waals surface area (Å²) in [5.74, 6) is 3.10. The molecule has 4 aliphatic carbocycles. The van der Waals surface area contributed by atoms with Crippen LogP contribution >= 0.6 is 0 Å². The minimum absolute atomic E-state index is 0.139. The molecule has 0 saturated heterocycles. The van der Waals surface area contributed by atoms with Crippen LogP contribution in [0.4, 0.5) is 17.1 Å². The molecule has 0 radical (unpaired) electrons. The molecule has 2 bridgehead atoms. The maximum Gasteiger partial charge on any atom is 0.0543 e. The summed E-state index contributed by atoms with van der Waals surface area (Å²) in [6.45, 7) is 4.87. The second-order valence-electron chi connectivity index (χ2n) is 16.7. The summed E-state index contributed by atoms with van der Waals surface area (Å²) in [7, 11) is 0. The Kier molecular flexibility index (Phi) is 7.49. The van der Waals surface area contributed by atoms with Gasteiger partial charge in [-0.15, -0.1) is 0 Å². The predicted octanol–water partition coefficient (Wildman–Crippen LogP) is 14.2. The average molecular weight is 664 g/mol. The quantitative estimate of drug-likeness (QED) is 0.171. The molecular formula is C50H49N. The fraction of sp³-hybridized carbons (Fsp3) is 0.320. The van der Waals surface area contributed by atoms with Gasteiger partial charge in [0.05, 0.1) is 11.4 Å². The van der Waals surface area contributed by atoms with Crippen molar-refractivity contribution in [2.45, 2.75) is 88.9 Å². The summed E-state index contributed by atoms with van der Waals surface area (Å²) < 4.78 is 0. The lowest BCUT2D eigenvalue weighted by Gasteiger charge is -2.35. The van der Waals surface area contributed by atoms with E-state index in [2.05, 4.69) is 146 Å². The van der Waals surface area contributed by atoms with Gasteiger partial charge >= 0.3 is 0 Å². The zero-order chi connectivity index (χ0) is 34.1. The van der Waals surface area contributed by atoms with Crippen molar-refractivity contribution in [2.75, 3.05) is 4.90 Å². The average Bonchev–Trinajstić information content (AvgIpc) is 3.89. The third-order valence-electron chi connectivity index (χ3n) is 13.5. The highest BCUT2D eigenvalue weighted by Gasteiger charge is 2.41. The van der Waals surface area contributed by atoms with E-state index in [1.54, 1.807) is 5.56 Å². The van der Waals surface area contributed by atoms with Crippen molar-refractivity contribution in [2.24, 2.45) is 11.8 Å².